The topological polar surface area (TPSA) is 56.9 Å². The highest BCUT2D eigenvalue weighted by Crippen LogP contribution is 2.32. The van der Waals surface area contributed by atoms with Crippen molar-refractivity contribution in [3.05, 3.63) is 95.9 Å². The first-order valence-electron chi connectivity index (χ1n) is 8.76. The molecule has 0 N–H and O–H groups in total. The third-order valence-corrected chi connectivity index (χ3v) is 6.18. The predicted octanol–water partition coefficient (Wildman–Crippen LogP) is 5.63. The maximum atomic E-state index is 12.7. The minimum atomic E-state index is -0.320. The molecule has 152 valence electrons. The SMILES string of the molecule is Cn1ncc2c(c(Cl)c(Cl)n2Cc2ccc(C(=O)c3ccc(Cl)cc3Cl)cc2)c1=O. The van der Waals surface area contributed by atoms with E-state index in [1.165, 1.54) is 10.7 Å². The van der Waals surface area contributed by atoms with Crippen molar-refractivity contribution in [1.82, 2.24) is 14.3 Å². The summed E-state index contributed by atoms with van der Waals surface area (Å²) in [5.74, 6) is -0.205. The summed E-state index contributed by atoms with van der Waals surface area (Å²) >= 11 is 24.7. The van der Waals surface area contributed by atoms with Crippen LogP contribution in [0.4, 0.5) is 0 Å². The molecule has 2 aromatic heterocycles. The van der Waals surface area contributed by atoms with Crippen LogP contribution in [0.3, 0.4) is 0 Å². The van der Waals surface area contributed by atoms with Crippen molar-refractivity contribution in [3.8, 4) is 0 Å². The molecule has 0 saturated heterocycles. The molecular formula is C21H13Cl4N3O2. The molecule has 0 aliphatic carbocycles. The number of benzene rings is 2. The van der Waals surface area contributed by atoms with Crippen LogP contribution in [0.5, 0.6) is 0 Å². The lowest BCUT2D eigenvalue weighted by Crippen LogP contribution is -2.19. The Hall–Kier alpha value is -2.31. The number of aryl methyl sites for hydroxylation is 1. The van der Waals surface area contributed by atoms with Crippen molar-refractivity contribution >= 4 is 63.1 Å². The van der Waals surface area contributed by atoms with Crippen LogP contribution in [0.15, 0.2) is 53.5 Å². The largest absolute Gasteiger partial charge is 0.324 e. The minimum Gasteiger partial charge on any atom is -0.324 e. The predicted molar refractivity (Wildman–Crippen MR) is 120 cm³/mol. The molecular weight excluding hydrogens is 468 g/mol. The molecule has 30 heavy (non-hydrogen) atoms. The summed E-state index contributed by atoms with van der Waals surface area (Å²) in [6, 6.07) is 11.8. The molecule has 0 unspecified atom stereocenters. The van der Waals surface area contributed by atoms with Gasteiger partial charge in [0.1, 0.15) is 5.15 Å². The summed E-state index contributed by atoms with van der Waals surface area (Å²) in [5, 5.41) is 5.58. The normalized spacial score (nSPS) is 11.2. The van der Waals surface area contributed by atoms with E-state index in [0.717, 1.165) is 5.56 Å². The summed E-state index contributed by atoms with van der Waals surface area (Å²) in [6.07, 6.45) is 1.55. The summed E-state index contributed by atoms with van der Waals surface area (Å²) in [5.41, 5.74) is 1.95. The standard InChI is InChI=1S/C21H13Cl4N3O2/c1-27-21(30)17-16(9-26-27)28(20(25)18(17)24)10-11-2-4-12(5-3-11)19(29)14-7-6-13(22)8-15(14)23/h2-9H,10H2,1H3. The van der Waals surface area contributed by atoms with Gasteiger partial charge in [-0.05, 0) is 23.8 Å². The number of rotatable bonds is 4. The van der Waals surface area contributed by atoms with Crippen molar-refractivity contribution in [2.75, 3.05) is 0 Å². The zero-order valence-corrected chi connectivity index (χ0v) is 18.5. The lowest BCUT2D eigenvalue weighted by Gasteiger charge is -2.09. The molecule has 0 radical (unpaired) electrons. The van der Waals surface area contributed by atoms with E-state index in [2.05, 4.69) is 5.10 Å². The van der Waals surface area contributed by atoms with Gasteiger partial charge in [-0.2, -0.15) is 5.10 Å². The van der Waals surface area contributed by atoms with Gasteiger partial charge in [-0.3, -0.25) is 9.59 Å². The molecule has 0 atom stereocenters. The molecule has 0 saturated carbocycles. The smallest absolute Gasteiger partial charge is 0.277 e. The Morgan fingerprint density at radius 2 is 1.73 bits per heavy atom. The Morgan fingerprint density at radius 1 is 1.03 bits per heavy atom. The number of carbonyl (C=O) groups excluding carboxylic acids is 1. The highest BCUT2D eigenvalue weighted by atomic mass is 35.5. The number of aromatic nitrogens is 3. The van der Waals surface area contributed by atoms with Crippen molar-refractivity contribution in [3.63, 3.8) is 0 Å². The van der Waals surface area contributed by atoms with Gasteiger partial charge in [-0.15, -0.1) is 0 Å². The Labute approximate surface area is 191 Å². The molecule has 5 nitrogen and oxygen atoms in total. The van der Waals surface area contributed by atoms with Gasteiger partial charge < -0.3 is 4.57 Å². The van der Waals surface area contributed by atoms with Crippen LogP contribution < -0.4 is 5.56 Å². The summed E-state index contributed by atoms with van der Waals surface area (Å²) in [7, 11) is 1.55. The monoisotopic (exact) mass is 479 g/mol. The molecule has 0 fully saturated rings. The number of fused-ring (bicyclic) bond motifs is 1. The molecule has 0 amide bonds. The Balaban J connectivity index is 1.66. The van der Waals surface area contributed by atoms with Crippen LogP contribution in [0.2, 0.25) is 20.2 Å². The third-order valence-electron chi connectivity index (χ3n) is 4.78. The summed E-state index contributed by atoms with van der Waals surface area (Å²) < 4.78 is 2.91. The highest BCUT2D eigenvalue weighted by Gasteiger charge is 2.19. The highest BCUT2D eigenvalue weighted by molar-refractivity contribution is 6.45. The first-order chi connectivity index (χ1) is 14.3. The fourth-order valence-electron chi connectivity index (χ4n) is 3.20. The van der Waals surface area contributed by atoms with Crippen LogP contribution in [0.25, 0.3) is 10.9 Å². The quantitative estimate of drug-likeness (QED) is 0.356. The van der Waals surface area contributed by atoms with Crippen LogP contribution in [-0.4, -0.2) is 20.1 Å². The van der Waals surface area contributed by atoms with Crippen molar-refractivity contribution in [1.29, 1.82) is 0 Å². The zero-order valence-electron chi connectivity index (χ0n) is 15.5. The summed E-state index contributed by atoms with van der Waals surface area (Å²) in [4.78, 5) is 25.1. The number of nitrogens with zero attached hydrogens (tertiary/aromatic N) is 3. The second kappa shape index (κ2) is 8.08. The van der Waals surface area contributed by atoms with Crippen molar-refractivity contribution in [2.45, 2.75) is 6.54 Å². The Kier molecular flexibility index (Phi) is 5.64. The minimum absolute atomic E-state index is 0.193. The van der Waals surface area contributed by atoms with Crippen LogP contribution >= 0.6 is 46.4 Å². The Bertz CT molecular complexity index is 1360. The maximum absolute atomic E-state index is 12.7. The number of halogens is 4. The maximum Gasteiger partial charge on any atom is 0.277 e. The number of ketones is 1. The molecule has 2 heterocycles. The van der Waals surface area contributed by atoms with E-state index in [0.29, 0.717) is 38.6 Å². The number of hydrogen-bond acceptors (Lipinski definition) is 3. The van der Waals surface area contributed by atoms with E-state index in [1.54, 1.807) is 42.1 Å². The number of carbonyl (C=O) groups is 1. The van der Waals surface area contributed by atoms with E-state index in [9.17, 15) is 9.59 Å². The molecule has 0 aliphatic rings. The van der Waals surface area contributed by atoms with Gasteiger partial charge in [-0.1, -0.05) is 70.7 Å². The van der Waals surface area contributed by atoms with Gasteiger partial charge in [0.25, 0.3) is 5.56 Å². The molecule has 2 aromatic carbocycles. The van der Waals surface area contributed by atoms with Crippen LogP contribution in [-0.2, 0) is 13.6 Å². The first kappa shape index (κ1) is 20.9. The van der Waals surface area contributed by atoms with E-state index in [1.807, 2.05) is 12.1 Å². The molecule has 9 heteroatoms. The Morgan fingerprint density at radius 3 is 2.40 bits per heavy atom. The zero-order chi connectivity index (χ0) is 21.6. The van der Waals surface area contributed by atoms with E-state index in [-0.39, 0.29) is 21.5 Å². The van der Waals surface area contributed by atoms with Gasteiger partial charge in [0.2, 0.25) is 0 Å². The van der Waals surface area contributed by atoms with Crippen LogP contribution in [0.1, 0.15) is 21.5 Å². The fraction of sp³-hybridized carbons (Fsp3) is 0.0952. The fourth-order valence-corrected chi connectivity index (χ4v) is 4.22. The average molecular weight is 481 g/mol. The third kappa shape index (κ3) is 3.63. The summed E-state index contributed by atoms with van der Waals surface area (Å²) in [6.45, 7) is 0.354. The van der Waals surface area contributed by atoms with E-state index in [4.69, 9.17) is 46.4 Å². The second-order valence-corrected chi connectivity index (χ2v) is 8.25. The van der Waals surface area contributed by atoms with Gasteiger partial charge in [-0.25, -0.2) is 4.68 Å². The molecule has 0 aliphatic heterocycles. The van der Waals surface area contributed by atoms with Gasteiger partial charge in [0, 0.05) is 29.7 Å². The molecule has 4 aromatic rings. The number of hydrogen-bond donors (Lipinski definition) is 0. The molecule has 0 bridgehead atoms. The molecule has 0 spiro atoms. The average Bonchev–Trinajstić information content (AvgIpc) is 2.96. The second-order valence-electron chi connectivity index (χ2n) is 6.67. The van der Waals surface area contributed by atoms with E-state index < -0.39 is 0 Å². The van der Waals surface area contributed by atoms with Crippen LogP contribution in [0, 0.1) is 0 Å². The van der Waals surface area contributed by atoms with E-state index >= 15 is 0 Å². The first-order valence-corrected chi connectivity index (χ1v) is 10.3. The lowest BCUT2D eigenvalue weighted by atomic mass is 10.0. The van der Waals surface area contributed by atoms with Gasteiger partial charge >= 0.3 is 0 Å². The lowest BCUT2D eigenvalue weighted by molar-refractivity contribution is 0.103. The van der Waals surface area contributed by atoms with Crippen molar-refractivity contribution in [2.24, 2.45) is 7.05 Å². The van der Waals surface area contributed by atoms with Gasteiger partial charge in [0.15, 0.2) is 5.78 Å². The van der Waals surface area contributed by atoms with Crippen molar-refractivity contribution < 1.29 is 4.79 Å². The molecule has 4 rings (SSSR count). The van der Waals surface area contributed by atoms with Gasteiger partial charge in [0.05, 0.1) is 27.1 Å².